The smallest absolute Gasteiger partial charge is 0.407 e. The predicted octanol–water partition coefficient (Wildman–Crippen LogP) is 4.12. The molecule has 0 spiro atoms. The van der Waals surface area contributed by atoms with Crippen LogP contribution in [-0.2, 0) is 27.3 Å². The molecule has 0 aliphatic carbocycles. The van der Waals surface area contributed by atoms with Crippen molar-refractivity contribution >= 4 is 24.0 Å². The summed E-state index contributed by atoms with van der Waals surface area (Å²) in [5, 5.41) is 30.5. The van der Waals surface area contributed by atoms with Crippen molar-refractivity contribution in [2.24, 2.45) is 10.8 Å². The Morgan fingerprint density at radius 3 is 1.92 bits per heavy atom. The lowest BCUT2D eigenvalue weighted by molar-refractivity contribution is -0.132. The highest BCUT2D eigenvalue weighted by Gasteiger charge is 2.37. The molecule has 1 heterocycles. The fourth-order valence-electron chi connectivity index (χ4n) is 5.33. The highest BCUT2D eigenvalue weighted by Crippen LogP contribution is 2.22. The maximum absolute atomic E-state index is 13.8. The fraction of sp³-hybridized carbons (Fsp3) is 0.432. The summed E-state index contributed by atoms with van der Waals surface area (Å²) in [6.07, 6.45) is -1.45. The van der Waals surface area contributed by atoms with E-state index in [1.165, 1.54) is 12.1 Å². The molecule has 13 heteroatoms. The summed E-state index contributed by atoms with van der Waals surface area (Å²) >= 11 is 0. The number of carbonyl (C=O) groups excluding carboxylic acids is 3. The number of hydrogen-bond acceptors (Lipinski definition) is 8. The van der Waals surface area contributed by atoms with Crippen LogP contribution >= 0.6 is 0 Å². The molecule has 3 aromatic rings. The molecule has 0 saturated carbocycles. The second kappa shape index (κ2) is 17.6. The lowest BCUT2D eigenvalue weighted by atomic mass is 9.85. The summed E-state index contributed by atoms with van der Waals surface area (Å²) in [4.78, 5) is 55.5. The zero-order valence-corrected chi connectivity index (χ0v) is 29.8. The molecule has 270 valence electrons. The van der Waals surface area contributed by atoms with Crippen LogP contribution in [0.2, 0.25) is 0 Å². The van der Waals surface area contributed by atoms with Crippen molar-refractivity contribution in [3.63, 3.8) is 0 Å². The number of ether oxygens (including phenoxy) is 1. The number of aliphatic hydroxyl groups excluding tert-OH is 1. The summed E-state index contributed by atoms with van der Waals surface area (Å²) in [6, 6.07) is 19.5. The van der Waals surface area contributed by atoms with Crippen LogP contribution in [0.5, 0.6) is 0 Å². The maximum atomic E-state index is 13.8. The number of pyridine rings is 1. The Bertz CT molecular complexity index is 1560. The Kier molecular flexibility index (Phi) is 13.9. The molecule has 4 amide bonds. The summed E-state index contributed by atoms with van der Waals surface area (Å²) in [5.41, 5.74) is 4.70. The number of alkyl carbamates (subject to hydrolysis) is 1. The van der Waals surface area contributed by atoms with Gasteiger partial charge < -0.3 is 30.9 Å². The number of hydrazine groups is 1. The Morgan fingerprint density at radius 2 is 1.38 bits per heavy atom. The van der Waals surface area contributed by atoms with Gasteiger partial charge >= 0.3 is 12.2 Å². The van der Waals surface area contributed by atoms with Gasteiger partial charge in [0.15, 0.2) is 0 Å². The number of carboxylic acid groups (broad SMARTS) is 1. The van der Waals surface area contributed by atoms with Crippen LogP contribution in [0.4, 0.5) is 9.59 Å². The predicted molar refractivity (Wildman–Crippen MR) is 189 cm³/mol. The number of amides is 4. The zero-order chi connectivity index (χ0) is 37.1. The van der Waals surface area contributed by atoms with Gasteiger partial charge in [0.2, 0.25) is 5.91 Å². The number of benzene rings is 2. The number of nitrogens with zero attached hydrogens (tertiary/aromatic N) is 2. The normalized spacial score (nSPS) is 14.1. The van der Waals surface area contributed by atoms with Crippen molar-refractivity contribution in [3.05, 3.63) is 90.1 Å². The molecule has 2 aromatic carbocycles. The Labute approximate surface area is 293 Å². The third-order valence-electron chi connectivity index (χ3n) is 8.03. The first kappa shape index (κ1) is 39.4. The van der Waals surface area contributed by atoms with E-state index in [0.717, 1.165) is 22.4 Å². The molecule has 0 aliphatic rings. The van der Waals surface area contributed by atoms with Crippen LogP contribution in [-0.4, -0.2) is 82.1 Å². The van der Waals surface area contributed by atoms with Crippen molar-refractivity contribution in [1.82, 2.24) is 31.4 Å². The Hall–Kier alpha value is -5.01. The minimum Gasteiger partial charge on any atom is -0.465 e. The molecule has 50 heavy (non-hydrogen) atoms. The Morgan fingerprint density at radius 1 is 0.780 bits per heavy atom. The maximum Gasteiger partial charge on any atom is 0.407 e. The largest absolute Gasteiger partial charge is 0.465 e. The van der Waals surface area contributed by atoms with E-state index in [4.69, 9.17) is 4.74 Å². The van der Waals surface area contributed by atoms with Crippen LogP contribution in [0, 0.1) is 10.8 Å². The molecule has 13 nitrogen and oxygen atoms in total. The average molecular weight is 691 g/mol. The van der Waals surface area contributed by atoms with Crippen molar-refractivity contribution in [2.75, 3.05) is 13.7 Å². The third-order valence-corrected chi connectivity index (χ3v) is 8.03. The van der Waals surface area contributed by atoms with Crippen LogP contribution in [0.15, 0.2) is 79.0 Å². The van der Waals surface area contributed by atoms with Gasteiger partial charge in [-0.25, -0.2) is 14.6 Å². The number of rotatable bonds is 14. The minimum absolute atomic E-state index is 0.146. The van der Waals surface area contributed by atoms with Crippen LogP contribution in [0.3, 0.4) is 0 Å². The number of hydrogen-bond donors (Lipinski definition) is 6. The van der Waals surface area contributed by atoms with Gasteiger partial charge in [-0.3, -0.25) is 20.0 Å². The second-order valence-electron chi connectivity index (χ2n) is 14.3. The topological polar surface area (TPSA) is 182 Å². The summed E-state index contributed by atoms with van der Waals surface area (Å²) in [6.45, 7) is 10.6. The minimum atomic E-state index is -1.35. The SMILES string of the molecule is COC(=O)N[C@H](C(=O)NN(Cc1ccc(-c2ccccn2)cc1)C[C@@H](O)[C@H](Cc1ccccc1)NC(=O)[C@@H](NC(=O)O)C(C)(C)C)C(C)(C)C. The summed E-state index contributed by atoms with van der Waals surface area (Å²) in [7, 11) is 1.21. The highest BCUT2D eigenvalue weighted by molar-refractivity contribution is 5.87. The number of methoxy groups -OCH3 is 1. The molecular weight excluding hydrogens is 640 g/mol. The van der Waals surface area contributed by atoms with Gasteiger partial charge in [0.05, 0.1) is 24.9 Å². The number of aromatic nitrogens is 1. The molecule has 0 bridgehead atoms. The van der Waals surface area contributed by atoms with E-state index in [0.29, 0.717) is 0 Å². The quantitative estimate of drug-likeness (QED) is 0.136. The van der Waals surface area contributed by atoms with Crippen molar-refractivity contribution in [2.45, 2.75) is 78.7 Å². The van der Waals surface area contributed by atoms with Crippen molar-refractivity contribution in [3.8, 4) is 11.3 Å². The van der Waals surface area contributed by atoms with Crippen molar-refractivity contribution in [1.29, 1.82) is 0 Å². The van der Waals surface area contributed by atoms with Gasteiger partial charge in [-0.1, -0.05) is 102 Å². The average Bonchev–Trinajstić information content (AvgIpc) is 3.05. The zero-order valence-electron chi connectivity index (χ0n) is 29.8. The van der Waals surface area contributed by atoms with Gasteiger partial charge in [-0.2, -0.15) is 0 Å². The molecule has 6 N–H and O–H groups in total. The first-order chi connectivity index (χ1) is 23.5. The first-order valence-electron chi connectivity index (χ1n) is 16.4. The molecule has 0 saturated heterocycles. The number of nitrogens with one attached hydrogen (secondary N) is 4. The number of aliphatic hydroxyl groups is 1. The molecule has 3 rings (SSSR count). The molecule has 0 unspecified atom stereocenters. The lowest BCUT2D eigenvalue weighted by Crippen LogP contribution is -2.60. The van der Waals surface area contributed by atoms with Gasteiger partial charge in [0, 0.05) is 24.8 Å². The van der Waals surface area contributed by atoms with Crippen LogP contribution in [0.25, 0.3) is 11.3 Å². The van der Waals surface area contributed by atoms with Crippen molar-refractivity contribution < 1.29 is 34.1 Å². The van der Waals surface area contributed by atoms with E-state index in [9.17, 15) is 29.4 Å². The van der Waals surface area contributed by atoms with Crippen LogP contribution < -0.4 is 21.4 Å². The van der Waals surface area contributed by atoms with E-state index < -0.39 is 59.1 Å². The third kappa shape index (κ3) is 12.1. The molecular formula is C37H50N6O7. The monoisotopic (exact) mass is 690 g/mol. The van der Waals surface area contributed by atoms with E-state index in [2.05, 4.69) is 26.4 Å². The van der Waals surface area contributed by atoms with Gasteiger partial charge in [0.25, 0.3) is 5.91 Å². The van der Waals surface area contributed by atoms with Gasteiger partial charge in [-0.15, -0.1) is 0 Å². The van der Waals surface area contributed by atoms with Gasteiger partial charge in [-0.05, 0) is 40.5 Å². The first-order valence-corrected chi connectivity index (χ1v) is 16.4. The fourth-order valence-corrected chi connectivity index (χ4v) is 5.33. The molecule has 0 aliphatic heterocycles. The van der Waals surface area contributed by atoms with Crippen LogP contribution in [0.1, 0.15) is 52.7 Å². The summed E-state index contributed by atoms with van der Waals surface area (Å²) < 4.78 is 4.76. The highest BCUT2D eigenvalue weighted by atomic mass is 16.5. The summed E-state index contributed by atoms with van der Waals surface area (Å²) in [5.74, 6) is -1.14. The molecule has 0 fully saturated rings. The Balaban J connectivity index is 1.95. The molecule has 1 aromatic heterocycles. The van der Waals surface area contributed by atoms with E-state index in [1.54, 1.807) is 47.7 Å². The van der Waals surface area contributed by atoms with E-state index >= 15 is 0 Å². The number of carbonyl (C=O) groups is 4. The standard InChI is InChI=1S/C37H50N6O7/c1-36(2,3)30(40-34(47)48)32(45)39-28(21-24-13-9-8-10-14-24)29(44)23-43(42-33(46)31(37(4,5)6)41-35(49)50-7)22-25-16-18-26(19-17-25)27-15-11-12-20-38-27/h8-20,28-31,40,44H,21-23H2,1-7H3,(H,39,45)(H,41,49)(H,42,46)(H,47,48)/t28-,29+,30+,31+/m0/s1. The van der Waals surface area contributed by atoms with E-state index in [1.807, 2.05) is 72.8 Å². The molecule has 4 atom stereocenters. The van der Waals surface area contributed by atoms with Gasteiger partial charge in [0.1, 0.15) is 12.1 Å². The lowest BCUT2D eigenvalue weighted by Gasteiger charge is -2.35. The van der Waals surface area contributed by atoms with E-state index in [-0.39, 0.29) is 19.5 Å². The second-order valence-corrected chi connectivity index (χ2v) is 14.3. The molecule has 0 radical (unpaired) electrons.